The summed E-state index contributed by atoms with van der Waals surface area (Å²) in [4.78, 5) is 2.57. The highest BCUT2D eigenvalue weighted by Crippen LogP contribution is 2.38. The Labute approximate surface area is 106 Å². The molecule has 2 nitrogen and oxygen atoms in total. The molecule has 2 heteroatoms. The van der Waals surface area contributed by atoms with E-state index in [0.29, 0.717) is 6.04 Å². The van der Waals surface area contributed by atoms with Crippen LogP contribution in [0.3, 0.4) is 0 Å². The summed E-state index contributed by atoms with van der Waals surface area (Å²) >= 11 is 0. The van der Waals surface area contributed by atoms with Crippen LogP contribution in [0.25, 0.3) is 0 Å². The molecule has 0 aromatic carbocycles. The maximum Gasteiger partial charge on any atom is 0.0746 e. The van der Waals surface area contributed by atoms with E-state index in [1.807, 2.05) is 0 Å². The van der Waals surface area contributed by atoms with Crippen LogP contribution in [0.4, 0.5) is 0 Å². The van der Waals surface area contributed by atoms with Crippen molar-refractivity contribution in [2.75, 3.05) is 13.1 Å². The van der Waals surface area contributed by atoms with Crippen LogP contribution < -0.4 is 0 Å². The van der Waals surface area contributed by atoms with Gasteiger partial charge in [-0.1, -0.05) is 33.6 Å². The topological polar surface area (TPSA) is 23.5 Å². The van der Waals surface area contributed by atoms with Crippen LogP contribution in [-0.4, -0.2) is 35.2 Å². The number of piperidine rings is 1. The van der Waals surface area contributed by atoms with E-state index in [2.05, 4.69) is 25.7 Å². The summed E-state index contributed by atoms with van der Waals surface area (Å²) in [5.74, 6) is 0.931. The molecule has 2 atom stereocenters. The third kappa shape index (κ3) is 2.85. The summed E-state index contributed by atoms with van der Waals surface area (Å²) in [7, 11) is 0. The van der Waals surface area contributed by atoms with Gasteiger partial charge in [-0.05, 0) is 50.1 Å². The average molecular weight is 239 g/mol. The van der Waals surface area contributed by atoms with Gasteiger partial charge in [0.15, 0.2) is 0 Å². The Morgan fingerprint density at radius 2 is 1.82 bits per heavy atom. The van der Waals surface area contributed by atoms with Crippen molar-refractivity contribution < 1.29 is 5.11 Å². The van der Waals surface area contributed by atoms with Crippen LogP contribution in [0.2, 0.25) is 0 Å². The number of hydrogen-bond acceptors (Lipinski definition) is 2. The Hall–Kier alpha value is -0.0800. The molecule has 0 aromatic heterocycles. The molecule has 100 valence electrons. The molecule has 0 spiro atoms. The molecule has 2 aliphatic rings. The lowest BCUT2D eigenvalue weighted by molar-refractivity contribution is -0.0649. The summed E-state index contributed by atoms with van der Waals surface area (Å²) in [5.41, 5.74) is 0.116. The Bertz CT molecular complexity index is 243. The van der Waals surface area contributed by atoms with Crippen LogP contribution in [0.15, 0.2) is 0 Å². The lowest BCUT2D eigenvalue weighted by atomic mass is 9.71. The van der Waals surface area contributed by atoms with Gasteiger partial charge in [0.05, 0.1) is 6.10 Å². The number of likely N-dealkylation sites (tertiary alicyclic amines) is 1. The third-order valence-corrected chi connectivity index (χ3v) is 5.18. The number of aliphatic hydroxyl groups excluding tert-OH is 1. The molecule has 1 saturated heterocycles. The van der Waals surface area contributed by atoms with E-state index >= 15 is 0 Å². The molecule has 17 heavy (non-hydrogen) atoms. The fourth-order valence-corrected chi connectivity index (χ4v) is 3.67. The molecule has 1 aliphatic heterocycles. The van der Waals surface area contributed by atoms with E-state index in [-0.39, 0.29) is 11.5 Å². The minimum atomic E-state index is -0.130. The highest BCUT2D eigenvalue weighted by atomic mass is 16.3. The molecule has 1 heterocycles. The number of hydrogen-bond donors (Lipinski definition) is 1. The van der Waals surface area contributed by atoms with Crippen LogP contribution in [0.1, 0.15) is 59.3 Å². The number of nitrogens with zero attached hydrogens (tertiary/aromatic N) is 1. The number of rotatable bonds is 2. The smallest absolute Gasteiger partial charge is 0.0746 e. The lowest BCUT2D eigenvalue weighted by Crippen LogP contribution is -2.54. The van der Waals surface area contributed by atoms with E-state index in [9.17, 15) is 5.11 Å². The zero-order valence-electron chi connectivity index (χ0n) is 11.8. The van der Waals surface area contributed by atoms with Crippen molar-refractivity contribution in [2.24, 2.45) is 11.3 Å². The molecular weight excluding hydrogens is 210 g/mol. The van der Waals surface area contributed by atoms with Gasteiger partial charge in [-0.3, -0.25) is 4.90 Å². The van der Waals surface area contributed by atoms with Crippen molar-refractivity contribution in [1.82, 2.24) is 4.90 Å². The van der Waals surface area contributed by atoms with E-state index < -0.39 is 0 Å². The largest absolute Gasteiger partial charge is 0.391 e. The first-order valence-corrected chi connectivity index (χ1v) is 7.46. The van der Waals surface area contributed by atoms with E-state index in [1.165, 1.54) is 51.6 Å². The first-order valence-electron chi connectivity index (χ1n) is 7.46. The molecule has 0 aromatic rings. The molecular formula is C15H29NO. The molecule has 2 unspecified atom stereocenters. The van der Waals surface area contributed by atoms with E-state index in [4.69, 9.17) is 0 Å². The molecule has 0 radical (unpaired) electrons. The van der Waals surface area contributed by atoms with Crippen LogP contribution in [0, 0.1) is 11.3 Å². The SMILES string of the molecule is CCC1CCN(C2CCCC(C)(C)C2O)CC1. The Morgan fingerprint density at radius 1 is 1.18 bits per heavy atom. The summed E-state index contributed by atoms with van der Waals surface area (Å²) in [5, 5.41) is 10.5. The average Bonchev–Trinajstić information content (AvgIpc) is 2.33. The van der Waals surface area contributed by atoms with Crippen molar-refractivity contribution in [3.05, 3.63) is 0 Å². The fourth-order valence-electron chi connectivity index (χ4n) is 3.67. The molecule has 1 aliphatic carbocycles. The zero-order valence-corrected chi connectivity index (χ0v) is 11.8. The minimum Gasteiger partial charge on any atom is -0.391 e. The molecule has 0 amide bonds. The fraction of sp³-hybridized carbons (Fsp3) is 1.00. The maximum atomic E-state index is 10.5. The van der Waals surface area contributed by atoms with Gasteiger partial charge in [0.1, 0.15) is 0 Å². The maximum absolute atomic E-state index is 10.5. The predicted molar refractivity (Wildman–Crippen MR) is 72.0 cm³/mol. The second kappa shape index (κ2) is 5.27. The monoisotopic (exact) mass is 239 g/mol. The Morgan fingerprint density at radius 3 is 2.41 bits per heavy atom. The van der Waals surface area contributed by atoms with E-state index in [0.717, 1.165) is 5.92 Å². The van der Waals surface area contributed by atoms with Gasteiger partial charge in [0.2, 0.25) is 0 Å². The van der Waals surface area contributed by atoms with Crippen LogP contribution in [-0.2, 0) is 0 Å². The minimum absolute atomic E-state index is 0.116. The quantitative estimate of drug-likeness (QED) is 0.800. The summed E-state index contributed by atoms with van der Waals surface area (Å²) in [6.45, 7) is 9.16. The second-order valence-electron chi connectivity index (χ2n) is 6.78. The van der Waals surface area contributed by atoms with Crippen molar-refractivity contribution in [2.45, 2.75) is 71.4 Å². The van der Waals surface area contributed by atoms with E-state index in [1.54, 1.807) is 0 Å². The van der Waals surface area contributed by atoms with Crippen LogP contribution >= 0.6 is 0 Å². The van der Waals surface area contributed by atoms with Gasteiger partial charge in [-0.15, -0.1) is 0 Å². The molecule has 2 fully saturated rings. The Kier molecular flexibility index (Phi) is 4.14. The van der Waals surface area contributed by atoms with Crippen molar-refractivity contribution in [1.29, 1.82) is 0 Å². The van der Waals surface area contributed by atoms with Gasteiger partial charge < -0.3 is 5.11 Å². The van der Waals surface area contributed by atoms with Gasteiger partial charge in [0, 0.05) is 6.04 Å². The standard InChI is InChI=1S/C15H29NO/c1-4-12-7-10-16(11-8-12)13-6-5-9-15(2,3)14(13)17/h12-14,17H,4-11H2,1-3H3. The number of aliphatic hydroxyl groups is 1. The van der Waals surface area contributed by atoms with Gasteiger partial charge in [0.25, 0.3) is 0 Å². The van der Waals surface area contributed by atoms with Crippen molar-refractivity contribution >= 4 is 0 Å². The zero-order chi connectivity index (χ0) is 12.5. The molecule has 1 saturated carbocycles. The highest BCUT2D eigenvalue weighted by Gasteiger charge is 2.40. The highest BCUT2D eigenvalue weighted by molar-refractivity contribution is 4.94. The van der Waals surface area contributed by atoms with Crippen molar-refractivity contribution in [3.8, 4) is 0 Å². The normalized spacial score (nSPS) is 36.0. The second-order valence-corrected chi connectivity index (χ2v) is 6.78. The van der Waals surface area contributed by atoms with Gasteiger partial charge in [-0.2, -0.15) is 0 Å². The third-order valence-electron chi connectivity index (χ3n) is 5.18. The summed E-state index contributed by atoms with van der Waals surface area (Å²) in [6.07, 6.45) is 7.52. The molecule has 2 rings (SSSR count). The lowest BCUT2D eigenvalue weighted by Gasteiger charge is -2.47. The van der Waals surface area contributed by atoms with Gasteiger partial charge >= 0.3 is 0 Å². The predicted octanol–water partition coefficient (Wildman–Crippen LogP) is 3.05. The molecule has 1 N–H and O–H groups in total. The summed E-state index contributed by atoms with van der Waals surface area (Å²) < 4.78 is 0. The van der Waals surface area contributed by atoms with Crippen molar-refractivity contribution in [3.63, 3.8) is 0 Å². The summed E-state index contributed by atoms with van der Waals surface area (Å²) in [6, 6.07) is 0.427. The Balaban J connectivity index is 1.94. The van der Waals surface area contributed by atoms with Crippen LogP contribution in [0.5, 0.6) is 0 Å². The first-order chi connectivity index (χ1) is 8.04. The first kappa shape index (κ1) is 13.4. The van der Waals surface area contributed by atoms with Gasteiger partial charge in [-0.25, -0.2) is 0 Å². The molecule has 0 bridgehead atoms.